The van der Waals surface area contributed by atoms with E-state index in [9.17, 15) is 14.7 Å². The highest BCUT2D eigenvalue weighted by atomic mass is 16.3. The Hall–Kier alpha value is -4.08. The largest absolute Gasteiger partial charge is 0.508 e. The van der Waals surface area contributed by atoms with Crippen LogP contribution in [0.2, 0.25) is 0 Å². The molecule has 2 fully saturated rings. The highest BCUT2D eigenvalue weighted by Crippen LogP contribution is 2.30. The van der Waals surface area contributed by atoms with Gasteiger partial charge in [0.1, 0.15) is 23.1 Å². The van der Waals surface area contributed by atoms with Crippen molar-refractivity contribution in [2.45, 2.75) is 12.8 Å². The molecule has 0 radical (unpaired) electrons. The van der Waals surface area contributed by atoms with E-state index in [4.69, 9.17) is 0 Å². The predicted molar refractivity (Wildman–Crippen MR) is 110 cm³/mol. The molecule has 1 aliphatic carbocycles. The predicted octanol–water partition coefficient (Wildman–Crippen LogP) is 2.18. The third kappa shape index (κ3) is 3.62. The summed E-state index contributed by atoms with van der Waals surface area (Å²) in [6.45, 7) is 0.833. The number of anilines is 3. The molecule has 1 aromatic carbocycles. The summed E-state index contributed by atoms with van der Waals surface area (Å²) >= 11 is 0. The Balaban J connectivity index is 1.55. The van der Waals surface area contributed by atoms with Crippen LogP contribution >= 0.6 is 0 Å². The second-order valence-electron chi connectivity index (χ2n) is 7.33. The van der Waals surface area contributed by atoms with Gasteiger partial charge in [0.2, 0.25) is 0 Å². The van der Waals surface area contributed by atoms with E-state index in [1.165, 1.54) is 12.8 Å². The van der Waals surface area contributed by atoms with Crippen molar-refractivity contribution < 1.29 is 14.7 Å². The average molecular weight is 405 g/mol. The van der Waals surface area contributed by atoms with Gasteiger partial charge in [0.05, 0.1) is 6.20 Å². The van der Waals surface area contributed by atoms with Crippen LogP contribution in [0.3, 0.4) is 0 Å². The molecule has 2 aromatic heterocycles. The molecule has 0 unspecified atom stereocenters. The summed E-state index contributed by atoms with van der Waals surface area (Å²) in [7, 11) is 0. The van der Waals surface area contributed by atoms with Crippen LogP contribution in [0.4, 0.5) is 22.1 Å². The summed E-state index contributed by atoms with van der Waals surface area (Å²) in [6.07, 6.45) is 5.55. The van der Waals surface area contributed by atoms with E-state index in [1.807, 2.05) is 12.1 Å². The molecule has 0 bridgehead atoms. The van der Waals surface area contributed by atoms with Gasteiger partial charge in [0.15, 0.2) is 5.65 Å². The molecule has 5 N–H and O–H groups in total. The van der Waals surface area contributed by atoms with E-state index in [-0.39, 0.29) is 11.4 Å². The molecule has 1 saturated heterocycles. The van der Waals surface area contributed by atoms with Crippen LogP contribution in [-0.2, 0) is 4.79 Å². The van der Waals surface area contributed by atoms with E-state index >= 15 is 0 Å². The number of phenols is 1. The van der Waals surface area contributed by atoms with Gasteiger partial charge in [-0.2, -0.15) is 9.61 Å². The second kappa shape index (κ2) is 7.07. The summed E-state index contributed by atoms with van der Waals surface area (Å²) in [5.41, 5.74) is 1.91. The van der Waals surface area contributed by atoms with Crippen LogP contribution in [0.5, 0.6) is 5.75 Å². The van der Waals surface area contributed by atoms with Crippen molar-refractivity contribution in [3.05, 3.63) is 47.8 Å². The van der Waals surface area contributed by atoms with Gasteiger partial charge in [-0.25, -0.2) is 9.78 Å². The molecule has 10 heteroatoms. The topological polar surface area (TPSA) is 133 Å². The lowest BCUT2D eigenvalue weighted by Crippen LogP contribution is -2.22. The normalized spacial score (nSPS) is 17.3. The molecule has 0 atom stereocenters. The monoisotopic (exact) mass is 405 g/mol. The highest BCUT2D eigenvalue weighted by molar-refractivity contribution is 6.14. The summed E-state index contributed by atoms with van der Waals surface area (Å²) in [5, 5.41) is 25.4. The fraction of sp³-hybridized carbons (Fsp3) is 0.200. The van der Waals surface area contributed by atoms with Crippen LogP contribution in [-0.4, -0.2) is 38.2 Å². The highest BCUT2D eigenvalue weighted by Gasteiger charge is 2.24. The van der Waals surface area contributed by atoms with Gasteiger partial charge in [-0.15, -0.1) is 0 Å². The number of nitrogens with one attached hydrogen (secondary N) is 4. The second-order valence-corrected chi connectivity index (χ2v) is 7.33. The molecule has 0 spiro atoms. The number of benzene rings is 1. The SMILES string of the molecule is O=C1NC(=O)/C(=C/c2cnn3c(NCC4CC4)cc(Nc4cccc(O)c4)nc23)N1. The fourth-order valence-electron chi connectivity index (χ4n) is 3.21. The number of phenolic OH excluding ortho intramolecular Hbond substituents is 1. The smallest absolute Gasteiger partial charge is 0.326 e. The molecular formula is C20H19N7O3. The van der Waals surface area contributed by atoms with Crippen molar-refractivity contribution in [1.82, 2.24) is 25.2 Å². The number of carbonyl (C=O) groups excluding carboxylic acids is 2. The van der Waals surface area contributed by atoms with E-state index in [1.54, 1.807) is 35.0 Å². The van der Waals surface area contributed by atoms with E-state index < -0.39 is 11.9 Å². The van der Waals surface area contributed by atoms with E-state index in [0.717, 1.165) is 12.4 Å². The van der Waals surface area contributed by atoms with Crippen molar-refractivity contribution >= 4 is 41.0 Å². The molecule has 5 rings (SSSR count). The van der Waals surface area contributed by atoms with Crippen molar-refractivity contribution in [2.24, 2.45) is 5.92 Å². The van der Waals surface area contributed by atoms with Gasteiger partial charge in [-0.3, -0.25) is 10.1 Å². The Morgan fingerprint density at radius 3 is 2.83 bits per heavy atom. The Morgan fingerprint density at radius 1 is 1.23 bits per heavy atom. The molecule has 10 nitrogen and oxygen atoms in total. The van der Waals surface area contributed by atoms with Crippen molar-refractivity contribution in [1.29, 1.82) is 0 Å². The number of hydrogen-bond acceptors (Lipinski definition) is 7. The number of aromatic hydroxyl groups is 1. The zero-order valence-corrected chi connectivity index (χ0v) is 15.8. The van der Waals surface area contributed by atoms with Crippen molar-refractivity contribution in [2.75, 3.05) is 17.2 Å². The Labute approximate surface area is 171 Å². The first-order chi connectivity index (χ1) is 14.5. The lowest BCUT2D eigenvalue weighted by atomic mass is 10.2. The van der Waals surface area contributed by atoms with Crippen molar-refractivity contribution in [3.8, 4) is 5.75 Å². The number of fused-ring (bicyclic) bond motifs is 1. The summed E-state index contributed by atoms with van der Waals surface area (Å²) in [6, 6.07) is 8.02. The first-order valence-electron chi connectivity index (χ1n) is 9.58. The number of hydrogen-bond donors (Lipinski definition) is 5. The van der Waals surface area contributed by atoms with Gasteiger partial charge in [-0.05, 0) is 37.0 Å². The number of nitrogens with zero attached hydrogens (tertiary/aromatic N) is 3. The molecule has 152 valence electrons. The van der Waals surface area contributed by atoms with E-state index in [2.05, 4.69) is 31.3 Å². The molecule has 1 saturated carbocycles. The van der Waals surface area contributed by atoms with Crippen molar-refractivity contribution in [3.63, 3.8) is 0 Å². The van der Waals surface area contributed by atoms with Crippen LogP contribution < -0.4 is 21.3 Å². The molecule has 3 aromatic rings. The third-order valence-corrected chi connectivity index (χ3v) is 4.91. The summed E-state index contributed by atoms with van der Waals surface area (Å²) in [5.74, 6) is 1.60. The molecule has 3 heterocycles. The number of carbonyl (C=O) groups is 2. The summed E-state index contributed by atoms with van der Waals surface area (Å²) < 4.78 is 1.66. The minimum absolute atomic E-state index is 0.135. The van der Waals surface area contributed by atoms with Crippen LogP contribution in [0.15, 0.2) is 42.2 Å². The number of aromatic nitrogens is 3. The fourth-order valence-corrected chi connectivity index (χ4v) is 3.21. The number of urea groups is 1. The van der Waals surface area contributed by atoms with Gasteiger partial charge >= 0.3 is 6.03 Å². The lowest BCUT2D eigenvalue weighted by Gasteiger charge is -2.12. The maximum atomic E-state index is 11.9. The average Bonchev–Trinajstić information content (AvgIpc) is 3.37. The molecular weight excluding hydrogens is 386 g/mol. The van der Waals surface area contributed by atoms with Crippen LogP contribution in [0.25, 0.3) is 11.7 Å². The first-order valence-corrected chi connectivity index (χ1v) is 9.58. The van der Waals surface area contributed by atoms with E-state index in [0.29, 0.717) is 28.6 Å². The van der Waals surface area contributed by atoms with Gasteiger partial charge in [0, 0.05) is 29.9 Å². The molecule has 1 aliphatic heterocycles. The number of amides is 3. The third-order valence-electron chi connectivity index (χ3n) is 4.91. The van der Waals surface area contributed by atoms with Gasteiger partial charge in [0.25, 0.3) is 5.91 Å². The maximum absolute atomic E-state index is 11.9. The lowest BCUT2D eigenvalue weighted by molar-refractivity contribution is -0.115. The Morgan fingerprint density at radius 2 is 2.10 bits per heavy atom. The number of rotatable bonds is 6. The summed E-state index contributed by atoms with van der Waals surface area (Å²) in [4.78, 5) is 27.9. The molecule has 3 amide bonds. The number of imide groups is 1. The first kappa shape index (κ1) is 18.0. The van der Waals surface area contributed by atoms with Gasteiger partial charge < -0.3 is 21.1 Å². The van der Waals surface area contributed by atoms with Gasteiger partial charge in [-0.1, -0.05) is 6.07 Å². The Kier molecular flexibility index (Phi) is 4.24. The zero-order valence-electron chi connectivity index (χ0n) is 15.8. The van der Waals surface area contributed by atoms with Crippen LogP contribution in [0, 0.1) is 5.92 Å². The minimum Gasteiger partial charge on any atom is -0.508 e. The minimum atomic E-state index is -0.561. The quantitative estimate of drug-likeness (QED) is 0.314. The standard InChI is InChI=1S/C20H19N7O3/c28-14-3-1-2-13(7-14)23-16-8-17(21-9-11-4-5-11)27-18(25-16)12(10-22-27)6-15-19(29)26-20(30)24-15/h1-3,6-8,10-11,21,28H,4-5,9H2,(H,23,25)(H2,24,26,29,30)/b15-6-. The maximum Gasteiger partial charge on any atom is 0.326 e. The Bertz CT molecular complexity index is 1200. The van der Waals surface area contributed by atoms with Crippen LogP contribution in [0.1, 0.15) is 18.4 Å². The molecule has 30 heavy (non-hydrogen) atoms. The molecule has 2 aliphatic rings. The zero-order chi connectivity index (χ0) is 20.7.